The van der Waals surface area contributed by atoms with Gasteiger partial charge in [-0.2, -0.15) is 0 Å². The second-order valence-corrected chi connectivity index (χ2v) is 7.47. The Hall–Kier alpha value is -3.18. The number of thiophene rings is 1. The summed E-state index contributed by atoms with van der Waals surface area (Å²) >= 11 is 1.57. The van der Waals surface area contributed by atoms with Crippen molar-refractivity contribution in [1.29, 1.82) is 0 Å². The molecule has 4 rings (SSSR count). The van der Waals surface area contributed by atoms with E-state index in [-0.39, 0.29) is 12.3 Å². The van der Waals surface area contributed by atoms with Crippen LogP contribution in [0.1, 0.15) is 16.8 Å². The van der Waals surface area contributed by atoms with E-state index in [4.69, 9.17) is 4.42 Å². The first-order valence-electron chi connectivity index (χ1n) is 9.12. The highest BCUT2D eigenvalue weighted by Crippen LogP contribution is 2.24. The van der Waals surface area contributed by atoms with Crippen molar-refractivity contribution in [1.82, 2.24) is 9.88 Å². The number of rotatable bonds is 7. The lowest BCUT2D eigenvalue weighted by Gasteiger charge is -2.23. The van der Waals surface area contributed by atoms with Crippen molar-refractivity contribution in [3.63, 3.8) is 0 Å². The molecule has 5 heteroatoms. The number of benzene rings is 2. The van der Waals surface area contributed by atoms with Gasteiger partial charge >= 0.3 is 0 Å². The summed E-state index contributed by atoms with van der Waals surface area (Å²) in [7, 11) is 0. The summed E-state index contributed by atoms with van der Waals surface area (Å²) in [6.07, 6.45) is 1.80. The molecule has 2 heterocycles. The molecule has 0 aliphatic rings. The fourth-order valence-electron chi connectivity index (χ4n) is 3.01. The highest BCUT2D eigenvalue weighted by Gasteiger charge is 2.18. The smallest absolute Gasteiger partial charge is 0.236 e. The number of carbonyl (C=O) groups excluding carboxylic acids is 1. The van der Waals surface area contributed by atoms with Gasteiger partial charge < -0.3 is 9.32 Å². The van der Waals surface area contributed by atoms with Crippen LogP contribution in [0.15, 0.2) is 88.9 Å². The number of hydrogen-bond donors (Lipinski definition) is 0. The molecular formula is C23H20N2O2S. The topological polar surface area (TPSA) is 46.3 Å². The summed E-state index contributed by atoms with van der Waals surface area (Å²) in [5.74, 6) is 0.592. The van der Waals surface area contributed by atoms with Crippen molar-refractivity contribution in [3.05, 3.63) is 101 Å². The molecule has 0 spiro atoms. The largest absolute Gasteiger partial charge is 0.444 e. The van der Waals surface area contributed by atoms with Gasteiger partial charge in [-0.15, -0.1) is 11.3 Å². The molecule has 0 bridgehead atoms. The van der Waals surface area contributed by atoms with Crippen molar-refractivity contribution in [2.75, 3.05) is 0 Å². The Morgan fingerprint density at radius 1 is 0.893 bits per heavy atom. The maximum atomic E-state index is 13.1. The van der Waals surface area contributed by atoms with Crippen LogP contribution in [0.25, 0.3) is 10.8 Å². The average molecular weight is 388 g/mol. The van der Waals surface area contributed by atoms with Gasteiger partial charge in [0.05, 0.1) is 17.0 Å². The maximum absolute atomic E-state index is 13.1. The third kappa shape index (κ3) is 4.56. The van der Waals surface area contributed by atoms with E-state index in [0.29, 0.717) is 24.7 Å². The Morgan fingerprint density at radius 3 is 2.11 bits per heavy atom. The lowest BCUT2D eigenvalue weighted by molar-refractivity contribution is -0.131. The molecule has 2 aromatic carbocycles. The number of carbonyl (C=O) groups is 1. The van der Waals surface area contributed by atoms with Crippen molar-refractivity contribution >= 4 is 17.2 Å². The van der Waals surface area contributed by atoms with Gasteiger partial charge in [0.1, 0.15) is 6.26 Å². The summed E-state index contributed by atoms with van der Waals surface area (Å²) in [6.45, 7) is 1.12. The van der Waals surface area contributed by atoms with Crippen molar-refractivity contribution in [2.24, 2.45) is 0 Å². The highest BCUT2D eigenvalue weighted by molar-refractivity contribution is 7.13. The molecule has 4 nitrogen and oxygen atoms in total. The van der Waals surface area contributed by atoms with Crippen LogP contribution < -0.4 is 0 Å². The Morgan fingerprint density at radius 2 is 1.54 bits per heavy atom. The number of nitrogens with zero attached hydrogens (tertiary/aromatic N) is 2. The normalized spacial score (nSPS) is 10.7. The molecule has 1 amide bonds. The van der Waals surface area contributed by atoms with E-state index in [0.717, 1.165) is 16.0 Å². The van der Waals surface area contributed by atoms with Crippen molar-refractivity contribution < 1.29 is 9.21 Å². The monoisotopic (exact) mass is 388 g/mol. The van der Waals surface area contributed by atoms with E-state index in [1.165, 1.54) is 0 Å². The van der Waals surface area contributed by atoms with Crippen LogP contribution in [0.4, 0.5) is 0 Å². The van der Waals surface area contributed by atoms with Crippen LogP contribution in [0, 0.1) is 0 Å². The second-order valence-electron chi connectivity index (χ2n) is 6.52. The molecule has 0 aliphatic carbocycles. The van der Waals surface area contributed by atoms with Gasteiger partial charge in [0.2, 0.25) is 11.8 Å². The van der Waals surface area contributed by atoms with E-state index in [9.17, 15) is 4.79 Å². The first-order chi connectivity index (χ1) is 13.8. The molecule has 0 atom stereocenters. The molecule has 4 aromatic rings. The summed E-state index contributed by atoms with van der Waals surface area (Å²) in [4.78, 5) is 20.4. The third-order valence-electron chi connectivity index (χ3n) is 4.40. The maximum Gasteiger partial charge on any atom is 0.236 e. The lowest BCUT2D eigenvalue weighted by Crippen LogP contribution is -2.31. The number of aromatic nitrogens is 1. The van der Waals surface area contributed by atoms with Crippen molar-refractivity contribution in [3.8, 4) is 10.8 Å². The Labute approximate surface area is 168 Å². The molecule has 0 aliphatic heterocycles. The van der Waals surface area contributed by atoms with Gasteiger partial charge in [-0.3, -0.25) is 4.79 Å². The summed E-state index contributed by atoms with van der Waals surface area (Å²) in [6, 6.07) is 24.0. The highest BCUT2D eigenvalue weighted by atomic mass is 32.1. The zero-order valence-electron chi connectivity index (χ0n) is 15.3. The fraction of sp³-hybridized carbons (Fsp3) is 0.130. The van der Waals surface area contributed by atoms with Crippen LogP contribution in [0.5, 0.6) is 0 Å². The van der Waals surface area contributed by atoms with Crippen LogP contribution in [-0.4, -0.2) is 15.8 Å². The first-order valence-corrected chi connectivity index (χ1v) is 10.00. The quantitative estimate of drug-likeness (QED) is 0.438. The Kier molecular flexibility index (Phi) is 5.64. The van der Waals surface area contributed by atoms with E-state index in [1.807, 2.05) is 83.1 Å². The Balaban J connectivity index is 1.50. The van der Waals surface area contributed by atoms with Crippen LogP contribution >= 0.6 is 11.3 Å². The van der Waals surface area contributed by atoms with Gasteiger partial charge in [-0.05, 0) is 22.6 Å². The molecule has 0 radical (unpaired) electrons. The Bertz CT molecular complexity index is 970. The SMILES string of the molecule is O=C(Cc1coc(-c2cccs2)n1)N(Cc1ccccc1)Cc1ccccc1. The predicted molar refractivity (Wildman–Crippen MR) is 111 cm³/mol. The molecule has 0 N–H and O–H groups in total. The minimum absolute atomic E-state index is 0.0266. The number of hydrogen-bond acceptors (Lipinski definition) is 4. The molecule has 0 saturated carbocycles. The van der Waals surface area contributed by atoms with Crippen LogP contribution in [0.2, 0.25) is 0 Å². The molecule has 0 saturated heterocycles. The van der Waals surface area contributed by atoms with Gasteiger partial charge in [0, 0.05) is 13.1 Å². The van der Waals surface area contributed by atoms with Crippen LogP contribution in [-0.2, 0) is 24.3 Å². The molecule has 0 fully saturated rings. The van der Waals surface area contributed by atoms with E-state index in [2.05, 4.69) is 4.98 Å². The third-order valence-corrected chi connectivity index (χ3v) is 5.26. The average Bonchev–Trinajstić information content (AvgIpc) is 3.41. The zero-order chi connectivity index (χ0) is 19.2. The van der Waals surface area contributed by atoms with E-state index in [1.54, 1.807) is 17.6 Å². The number of oxazole rings is 1. The zero-order valence-corrected chi connectivity index (χ0v) is 16.1. The van der Waals surface area contributed by atoms with Gasteiger partial charge in [-0.25, -0.2) is 4.98 Å². The minimum atomic E-state index is 0.0266. The standard InChI is InChI=1S/C23H20N2O2S/c26-22(14-20-17-27-23(24-20)21-12-7-13-28-21)25(15-18-8-3-1-4-9-18)16-19-10-5-2-6-11-19/h1-13,17H,14-16H2. The molecule has 0 unspecified atom stereocenters. The first kappa shape index (κ1) is 18.2. The molecule has 28 heavy (non-hydrogen) atoms. The van der Waals surface area contributed by atoms with E-state index >= 15 is 0 Å². The molecule has 140 valence electrons. The summed E-state index contributed by atoms with van der Waals surface area (Å²) in [5.41, 5.74) is 2.86. The van der Waals surface area contributed by atoms with Crippen molar-refractivity contribution in [2.45, 2.75) is 19.5 Å². The van der Waals surface area contributed by atoms with Gasteiger partial charge in [0.25, 0.3) is 0 Å². The summed E-state index contributed by atoms with van der Waals surface area (Å²) in [5, 5.41) is 1.98. The van der Waals surface area contributed by atoms with E-state index < -0.39 is 0 Å². The van der Waals surface area contributed by atoms with Gasteiger partial charge in [-0.1, -0.05) is 66.7 Å². The summed E-state index contributed by atoms with van der Waals surface area (Å²) < 4.78 is 5.55. The fourth-order valence-corrected chi connectivity index (χ4v) is 3.66. The van der Waals surface area contributed by atoms with Crippen LogP contribution in [0.3, 0.4) is 0 Å². The second kappa shape index (κ2) is 8.67. The predicted octanol–water partition coefficient (Wildman–Crippen LogP) is 5.17. The number of amides is 1. The minimum Gasteiger partial charge on any atom is -0.444 e. The van der Waals surface area contributed by atoms with Gasteiger partial charge in [0.15, 0.2) is 0 Å². The molecule has 2 aromatic heterocycles. The molecular weight excluding hydrogens is 368 g/mol. The lowest BCUT2D eigenvalue weighted by atomic mass is 10.1.